The van der Waals surface area contributed by atoms with Gasteiger partial charge in [0.1, 0.15) is 0 Å². The molecule has 18 heavy (non-hydrogen) atoms. The van der Waals surface area contributed by atoms with Crippen LogP contribution in [0, 0.1) is 5.92 Å². The SMILES string of the molecule is CCc1nn(C)cc1C(=O)N1CCCC(CCl)C1. The van der Waals surface area contributed by atoms with E-state index < -0.39 is 0 Å². The molecule has 2 heterocycles. The Kier molecular flexibility index (Phi) is 4.27. The van der Waals surface area contributed by atoms with Crippen LogP contribution >= 0.6 is 11.6 Å². The number of alkyl halides is 1. The summed E-state index contributed by atoms with van der Waals surface area (Å²) in [7, 11) is 1.85. The van der Waals surface area contributed by atoms with Crippen LogP contribution in [0.5, 0.6) is 0 Å². The average molecular weight is 270 g/mol. The molecule has 1 amide bonds. The van der Waals surface area contributed by atoms with Gasteiger partial charge in [-0.25, -0.2) is 0 Å². The van der Waals surface area contributed by atoms with Crippen LogP contribution in [0.4, 0.5) is 0 Å². The van der Waals surface area contributed by atoms with Gasteiger partial charge < -0.3 is 4.90 Å². The van der Waals surface area contributed by atoms with E-state index in [4.69, 9.17) is 11.6 Å². The smallest absolute Gasteiger partial charge is 0.257 e. The van der Waals surface area contributed by atoms with Gasteiger partial charge in [-0.15, -0.1) is 11.6 Å². The Labute approximate surface area is 113 Å². The van der Waals surface area contributed by atoms with Crippen molar-refractivity contribution in [2.24, 2.45) is 13.0 Å². The highest BCUT2D eigenvalue weighted by atomic mass is 35.5. The maximum Gasteiger partial charge on any atom is 0.257 e. The van der Waals surface area contributed by atoms with Crippen molar-refractivity contribution in [3.05, 3.63) is 17.5 Å². The fourth-order valence-corrected chi connectivity index (χ4v) is 2.77. The Hall–Kier alpha value is -1.03. The second kappa shape index (κ2) is 5.74. The number of likely N-dealkylation sites (tertiary alicyclic amines) is 1. The summed E-state index contributed by atoms with van der Waals surface area (Å²) in [6, 6.07) is 0. The average Bonchev–Trinajstić information content (AvgIpc) is 2.79. The molecule has 1 atom stereocenters. The molecule has 1 saturated heterocycles. The van der Waals surface area contributed by atoms with E-state index in [0.29, 0.717) is 11.8 Å². The minimum Gasteiger partial charge on any atom is -0.338 e. The van der Waals surface area contributed by atoms with E-state index in [1.165, 1.54) is 0 Å². The van der Waals surface area contributed by atoms with E-state index in [2.05, 4.69) is 5.10 Å². The lowest BCUT2D eigenvalue weighted by molar-refractivity contribution is 0.0683. The second-order valence-corrected chi connectivity index (χ2v) is 5.24. The number of piperidine rings is 1. The largest absolute Gasteiger partial charge is 0.338 e. The third kappa shape index (κ3) is 2.69. The first-order chi connectivity index (χ1) is 8.65. The van der Waals surface area contributed by atoms with E-state index in [9.17, 15) is 4.79 Å². The third-order valence-electron chi connectivity index (χ3n) is 3.50. The fraction of sp³-hybridized carbons (Fsp3) is 0.692. The van der Waals surface area contributed by atoms with Crippen LogP contribution in [0.2, 0.25) is 0 Å². The predicted octanol–water partition coefficient (Wildman–Crippen LogP) is 2.07. The number of amides is 1. The van der Waals surface area contributed by atoms with Crippen molar-refractivity contribution < 1.29 is 4.79 Å². The molecule has 0 aromatic carbocycles. The molecule has 1 unspecified atom stereocenters. The molecule has 1 aromatic rings. The van der Waals surface area contributed by atoms with Crippen LogP contribution in [0.3, 0.4) is 0 Å². The predicted molar refractivity (Wildman–Crippen MR) is 71.9 cm³/mol. The molecule has 5 heteroatoms. The molecule has 1 aliphatic rings. The molecule has 0 aliphatic carbocycles. The zero-order valence-corrected chi connectivity index (χ0v) is 11.8. The first kappa shape index (κ1) is 13.4. The fourth-order valence-electron chi connectivity index (χ4n) is 2.52. The number of hydrogen-bond acceptors (Lipinski definition) is 2. The van der Waals surface area contributed by atoms with Crippen molar-refractivity contribution in [3.63, 3.8) is 0 Å². The molecule has 4 nitrogen and oxygen atoms in total. The van der Waals surface area contributed by atoms with E-state index in [1.54, 1.807) is 4.68 Å². The van der Waals surface area contributed by atoms with Crippen molar-refractivity contribution in [2.75, 3.05) is 19.0 Å². The van der Waals surface area contributed by atoms with Crippen LogP contribution in [-0.2, 0) is 13.5 Å². The lowest BCUT2D eigenvalue weighted by Crippen LogP contribution is -2.40. The van der Waals surface area contributed by atoms with Gasteiger partial charge in [0.2, 0.25) is 0 Å². The van der Waals surface area contributed by atoms with Crippen molar-refractivity contribution in [2.45, 2.75) is 26.2 Å². The summed E-state index contributed by atoms with van der Waals surface area (Å²) in [5.74, 6) is 1.18. The second-order valence-electron chi connectivity index (χ2n) is 4.93. The Bertz CT molecular complexity index is 430. The van der Waals surface area contributed by atoms with Crippen molar-refractivity contribution in [3.8, 4) is 0 Å². The monoisotopic (exact) mass is 269 g/mol. The highest BCUT2D eigenvalue weighted by Gasteiger charge is 2.26. The Balaban J connectivity index is 2.14. The number of aryl methyl sites for hydroxylation is 2. The molecule has 1 aromatic heterocycles. The van der Waals surface area contributed by atoms with Gasteiger partial charge in [-0.1, -0.05) is 6.92 Å². The number of hydrogen-bond donors (Lipinski definition) is 0. The van der Waals surface area contributed by atoms with Crippen molar-refractivity contribution >= 4 is 17.5 Å². The van der Waals surface area contributed by atoms with Crippen LogP contribution in [-0.4, -0.2) is 39.6 Å². The highest BCUT2D eigenvalue weighted by molar-refractivity contribution is 6.18. The molecule has 0 radical (unpaired) electrons. The standard InChI is InChI=1S/C13H20ClN3O/c1-3-12-11(9-16(2)15-12)13(18)17-6-4-5-10(7-14)8-17/h9-10H,3-8H2,1-2H3. The summed E-state index contributed by atoms with van der Waals surface area (Å²) < 4.78 is 1.72. The normalized spacial score (nSPS) is 20.2. The molecule has 1 aliphatic heterocycles. The summed E-state index contributed by atoms with van der Waals surface area (Å²) in [6.45, 7) is 3.64. The van der Waals surface area contributed by atoms with Crippen LogP contribution in [0.15, 0.2) is 6.20 Å². The van der Waals surface area contributed by atoms with E-state index in [-0.39, 0.29) is 5.91 Å². The summed E-state index contributed by atoms with van der Waals surface area (Å²) in [4.78, 5) is 14.4. The van der Waals surface area contributed by atoms with E-state index >= 15 is 0 Å². The Morgan fingerprint density at radius 2 is 2.39 bits per heavy atom. The molecular weight excluding hydrogens is 250 g/mol. The zero-order valence-electron chi connectivity index (χ0n) is 11.0. The summed E-state index contributed by atoms with van der Waals surface area (Å²) in [5.41, 5.74) is 1.63. The lowest BCUT2D eigenvalue weighted by atomic mass is 9.99. The topological polar surface area (TPSA) is 38.1 Å². The van der Waals surface area contributed by atoms with Gasteiger partial charge >= 0.3 is 0 Å². The van der Waals surface area contributed by atoms with Gasteiger partial charge in [0.15, 0.2) is 0 Å². The van der Waals surface area contributed by atoms with Crippen molar-refractivity contribution in [1.29, 1.82) is 0 Å². The molecule has 0 bridgehead atoms. The quantitative estimate of drug-likeness (QED) is 0.788. The molecule has 0 N–H and O–H groups in total. The van der Waals surface area contributed by atoms with Gasteiger partial charge in [0.25, 0.3) is 5.91 Å². The molecule has 0 saturated carbocycles. The molecule has 100 valence electrons. The first-order valence-electron chi connectivity index (χ1n) is 6.53. The molecule has 1 fully saturated rings. The number of rotatable bonds is 3. The molecule has 2 rings (SSSR count). The van der Waals surface area contributed by atoms with Gasteiger partial charge in [-0.05, 0) is 25.2 Å². The molecule has 0 spiro atoms. The zero-order chi connectivity index (χ0) is 13.1. The van der Waals surface area contributed by atoms with Gasteiger partial charge in [0.05, 0.1) is 11.3 Å². The van der Waals surface area contributed by atoms with E-state index in [0.717, 1.165) is 43.6 Å². The summed E-state index contributed by atoms with van der Waals surface area (Å²) in [6.07, 6.45) is 4.78. The summed E-state index contributed by atoms with van der Waals surface area (Å²) >= 11 is 5.90. The van der Waals surface area contributed by atoms with Gasteiger partial charge in [-0.3, -0.25) is 9.48 Å². The minimum absolute atomic E-state index is 0.106. The number of carbonyl (C=O) groups is 1. The maximum atomic E-state index is 12.5. The van der Waals surface area contributed by atoms with Crippen molar-refractivity contribution in [1.82, 2.24) is 14.7 Å². The third-order valence-corrected chi connectivity index (χ3v) is 3.93. The summed E-state index contributed by atoms with van der Waals surface area (Å²) in [5, 5.41) is 4.33. The Morgan fingerprint density at radius 3 is 3.06 bits per heavy atom. The first-order valence-corrected chi connectivity index (χ1v) is 7.07. The number of aromatic nitrogens is 2. The highest BCUT2D eigenvalue weighted by Crippen LogP contribution is 2.20. The Morgan fingerprint density at radius 1 is 1.61 bits per heavy atom. The van der Waals surface area contributed by atoms with Crippen LogP contribution in [0.1, 0.15) is 35.8 Å². The minimum atomic E-state index is 0.106. The number of carbonyl (C=O) groups excluding carboxylic acids is 1. The van der Waals surface area contributed by atoms with Crippen LogP contribution < -0.4 is 0 Å². The maximum absolute atomic E-state index is 12.5. The number of halogens is 1. The van der Waals surface area contributed by atoms with Crippen LogP contribution in [0.25, 0.3) is 0 Å². The molecular formula is C13H20ClN3O. The number of nitrogens with zero attached hydrogens (tertiary/aromatic N) is 3. The van der Waals surface area contributed by atoms with Gasteiger partial charge in [-0.2, -0.15) is 5.10 Å². The lowest BCUT2D eigenvalue weighted by Gasteiger charge is -2.31. The van der Waals surface area contributed by atoms with Gasteiger partial charge in [0, 0.05) is 32.2 Å². The van der Waals surface area contributed by atoms with E-state index in [1.807, 2.05) is 25.1 Å².